The van der Waals surface area contributed by atoms with Crippen LogP contribution in [0.3, 0.4) is 0 Å². The predicted octanol–water partition coefficient (Wildman–Crippen LogP) is 3.44. The van der Waals surface area contributed by atoms with Crippen LogP contribution < -0.4 is 0 Å². The van der Waals surface area contributed by atoms with Crippen LogP contribution in [0.15, 0.2) is 59.9 Å². The molecule has 0 amide bonds. The van der Waals surface area contributed by atoms with Gasteiger partial charge in [0.2, 0.25) is 0 Å². The number of hydrogen-bond acceptors (Lipinski definition) is 2. The van der Waals surface area contributed by atoms with Crippen molar-refractivity contribution in [2.75, 3.05) is 0 Å². The van der Waals surface area contributed by atoms with Gasteiger partial charge in [0.1, 0.15) is 0 Å². The Bertz CT molecular complexity index is 492. The molecule has 0 unspecified atom stereocenters. The molecular formula is C13H9F3N2. The van der Waals surface area contributed by atoms with Gasteiger partial charge < -0.3 is 0 Å². The molecule has 0 N–H and O–H groups in total. The van der Waals surface area contributed by atoms with Gasteiger partial charge in [-0.15, -0.1) is 13.2 Å². The number of aromatic nitrogens is 1. The molecule has 2 aromatic rings. The highest BCUT2D eigenvalue weighted by Crippen LogP contribution is 2.21. The third-order valence-electron chi connectivity index (χ3n) is 2.24. The molecule has 0 aliphatic heterocycles. The van der Waals surface area contributed by atoms with Crippen molar-refractivity contribution >= 4 is 5.71 Å². The molecule has 1 aromatic heterocycles. The van der Waals surface area contributed by atoms with Crippen molar-refractivity contribution in [3.05, 3.63) is 66.0 Å². The van der Waals surface area contributed by atoms with Crippen molar-refractivity contribution in [3.63, 3.8) is 0 Å². The van der Waals surface area contributed by atoms with Gasteiger partial charge in [0, 0.05) is 23.5 Å². The fraction of sp³-hybridized carbons (Fsp3) is 0.0769. The minimum absolute atomic E-state index is 0.106. The first-order chi connectivity index (χ1) is 8.56. The topological polar surface area (TPSA) is 25.2 Å². The molecule has 2 rings (SSSR count). The van der Waals surface area contributed by atoms with E-state index < -0.39 is 6.30 Å². The summed E-state index contributed by atoms with van der Waals surface area (Å²) in [6.07, 6.45) is -1.73. The number of nitrogens with zero attached hydrogens (tertiary/aromatic N) is 2. The number of benzene rings is 1. The van der Waals surface area contributed by atoms with Crippen LogP contribution in [0.5, 0.6) is 0 Å². The second-order valence-electron chi connectivity index (χ2n) is 3.53. The SMILES string of the molecule is FC(F)(F)/N=C(/c1ccccc1)c1ccncc1. The molecule has 18 heavy (non-hydrogen) atoms. The summed E-state index contributed by atoms with van der Waals surface area (Å²) in [5.41, 5.74) is 0.694. The van der Waals surface area contributed by atoms with E-state index in [9.17, 15) is 13.2 Å². The summed E-state index contributed by atoms with van der Waals surface area (Å²) in [5, 5.41) is 0. The number of rotatable bonds is 2. The molecule has 0 spiro atoms. The number of aliphatic imine (C=N–C) groups is 1. The predicted molar refractivity (Wildman–Crippen MR) is 62.4 cm³/mol. The van der Waals surface area contributed by atoms with E-state index in [-0.39, 0.29) is 5.71 Å². The van der Waals surface area contributed by atoms with E-state index in [1.165, 1.54) is 24.5 Å². The third kappa shape index (κ3) is 3.16. The lowest BCUT2D eigenvalue weighted by Crippen LogP contribution is -2.12. The monoisotopic (exact) mass is 250 g/mol. The number of pyridine rings is 1. The van der Waals surface area contributed by atoms with Gasteiger partial charge in [-0.05, 0) is 12.1 Å². The molecule has 0 bridgehead atoms. The molecular weight excluding hydrogens is 241 g/mol. The van der Waals surface area contributed by atoms with E-state index in [0.29, 0.717) is 11.1 Å². The van der Waals surface area contributed by atoms with Gasteiger partial charge >= 0.3 is 6.30 Å². The maximum Gasteiger partial charge on any atom is 0.503 e. The van der Waals surface area contributed by atoms with Gasteiger partial charge in [-0.3, -0.25) is 4.98 Å². The Labute approximate surface area is 102 Å². The van der Waals surface area contributed by atoms with Crippen LogP contribution in [0.4, 0.5) is 13.2 Å². The lowest BCUT2D eigenvalue weighted by molar-refractivity contribution is -0.119. The molecule has 1 aromatic carbocycles. The lowest BCUT2D eigenvalue weighted by atomic mass is 10.0. The molecule has 0 aliphatic carbocycles. The zero-order valence-electron chi connectivity index (χ0n) is 9.22. The van der Waals surface area contributed by atoms with Gasteiger partial charge in [-0.25, -0.2) is 0 Å². The third-order valence-corrected chi connectivity index (χ3v) is 2.24. The molecule has 0 atom stereocenters. The van der Waals surface area contributed by atoms with E-state index in [1.54, 1.807) is 30.3 Å². The Morgan fingerprint density at radius 1 is 0.889 bits per heavy atom. The van der Waals surface area contributed by atoms with Gasteiger partial charge in [0.05, 0.1) is 5.71 Å². The van der Waals surface area contributed by atoms with Gasteiger partial charge in [-0.1, -0.05) is 30.3 Å². The normalized spacial score (nSPS) is 12.5. The molecule has 92 valence electrons. The van der Waals surface area contributed by atoms with E-state index >= 15 is 0 Å². The van der Waals surface area contributed by atoms with Crippen LogP contribution in [0, 0.1) is 0 Å². The Hall–Kier alpha value is -2.17. The summed E-state index contributed by atoms with van der Waals surface area (Å²) >= 11 is 0. The van der Waals surface area contributed by atoms with Crippen molar-refractivity contribution < 1.29 is 13.2 Å². The minimum Gasteiger partial charge on any atom is -0.265 e. The average Bonchev–Trinajstić information content (AvgIpc) is 2.37. The number of alkyl halides is 3. The van der Waals surface area contributed by atoms with Crippen molar-refractivity contribution in [1.29, 1.82) is 0 Å². The Kier molecular flexibility index (Phi) is 3.41. The quantitative estimate of drug-likeness (QED) is 0.592. The van der Waals surface area contributed by atoms with Gasteiger partial charge in [-0.2, -0.15) is 4.99 Å². The highest BCUT2D eigenvalue weighted by Gasteiger charge is 2.27. The average molecular weight is 250 g/mol. The van der Waals surface area contributed by atoms with Crippen LogP contribution in [-0.2, 0) is 0 Å². The van der Waals surface area contributed by atoms with Crippen molar-refractivity contribution in [2.45, 2.75) is 6.30 Å². The fourth-order valence-electron chi connectivity index (χ4n) is 1.53. The maximum atomic E-state index is 12.5. The molecule has 0 radical (unpaired) electrons. The highest BCUT2D eigenvalue weighted by atomic mass is 19.4. The van der Waals surface area contributed by atoms with E-state index in [4.69, 9.17) is 0 Å². The van der Waals surface area contributed by atoms with Crippen LogP contribution in [-0.4, -0.2) is 17.0 Å². The smallest absolute Gasteiger partial charge is 0.265 e. The summed E-state index contributed by atoms with van der Waals surface area (Å²) in [6, 6.07) is 11.2. The molecule has 0 fully saturated rings. The number of halogens is 3. The summed E-state index contributed by atoms with van der Waals surface area (Å²) < 4.78 is 37.4. The summed E-state index contributed by atoms with van der Waals surface area (Å²) in [6.45, 7) is 0. The lowest BCUT2D eigenvalue weighted by Gasteiger charge is -2.08. The fourth-order valence-corrected chi connectivity index (χ4v) is 1.53. The first kappa shape index (κ1) is 12.3. The summed E-state index contributed by atoms with van der Waals surface area (Å²) in [4.78, 5) is 6.62. The minimum atomic E-state index is -4.60. The molecule has 1 heterocycles. The van der Waals surface area contributed by atoms with Crippen LogP contribution in [0.1, 0.15) is 11.1 Å². The highest BCUT2D eigenvalue weighted by molar-refractivity contribution is 6.12. The molecule has 0 saturated heterocycles. The zero-order valence-corrected chi connectivity index (χ0v) is 9.22. The first-order valence-electron chi connectivity index (χ1n) is 5.19. The summed E-state index contributed by atoms with van der Waals surface area (Å²) in [7, 11) is 0. The second kappa shape index (κ2) is 5.00. The molecule has 2 nitrogen and oxygen atoms in total. The van der Waals surface area contributed by atoms with E-state index in [0.717, 1.165) is 0 Å². The standard InChI is InChI=1S/C13H9F3N2/c14-13(15,16)18-12(10-4-2-1-3-5-10)11-6-8-17-9-7-11/h1-9H/b18-12-. The van der Waals surface area contributed by atoms with Crippen molar-refractivity contribution in [3.8, 4) is 0 Å². The van der Waals surface area contributed by atoms with Gasteiger partial charge in [0.15, 0.2) is 0 Å². The molecule has 5 heteroatoms. The first-order valence-corrected chi connectivity index (χ1v) is 5.19. The zero-order chi connectivity index (χ0) is 13.0. The molecule has 0 saturated carbocycles. The summed E-state index contributed by atoms with van der Waals surface area (Å²) in [5.74, 6) is 0. The number of hydrogen-bond donors (Lipinski definition) is 0. The van der Waals surface area contributed by atoms with Crippen molar-refractivity contribution in [2.24, 2.45) is 4.99 Å². The Morgan fingerprint density at radius 2 is 1.44 bits per heavy atom. The Balaban J connectivity index is 2.53. The maximum absolute atomic E-state index is 12.5. The van der Waals surface area contributed by atoms with E-state index in [1.807, 2.05) is 0 Å². The largest absolute Gasteiger partial charge is 0.503 e. The van der Waals surface area contributed by atoms with Crippen LogP contribution in [0.2, 0.25) is 0 Å². The second-order valence-corrected chi connectivity index (χ2v) is 3.53. The van der Waals surface area contributed by atoms with Crippen molar-refractivity contribution in [1.82, 2.24) is 4.98 Å². The van der Waals surface area contributed by atoms with Crippen LogP contribution >= 0.6 is 0 Å². The van der Waals surface area contributed by atoms with Gasteiger partial charge in [0.25, 0.3) is 0 Å². The van der Waals surface area contributed by atoms with E-state index in [2.05, 4.69) is 9.98 Å². The van der Waals surface area contributed by atoms with Crippen LogP contribution in [0.25, 0.3) is 0 Å². The Morgan fingerprint density at radius 3 is 2.00 bits per heavy atom. The molecule has 0 aliphatic rings.